The smallest absolute Gasteiger partial charge is 0.344 e. The third kappa shape index (κ3) is 2.59. The quantitative estimate of drug-likeness (QED) is 0.553. The Kier molecular flexibility index (Phi) is 4.09. The minimum Gasteiger partial charge on any atom is -0.497 e. The first-order valence-electron chi connectivity index (χ1n) is 8.36. The molecule has 4 rings (SSSR count). The summed E-state index contributed by atoms with van der Waals surface area (Å²) in [6.45, 7) is 0. The van der Waals surface area contributed by atoms with E-state index in [0.717, 1.165) is 0 Å². The van der Waals surface area contributed by atoms with E-state index in [4.69, 9.17) is 19.6 Å². The highest BCUT2D eigenvalue weighted by Crippen LogP contribution is 2.41. The van der Waals surface area contributed by atoms with E-state index in [1.54, 1.807) is 42.5 Å². The van der Waals surface area contributed by atoms with Crippen LogP contribution in [0, 0.1) is 11.3 Å². The van der Waals surface area contributed by atoms with Crippen LogP contribution in [0.5, 0.6) is 11.5 Å². The maximum absolute atomic E-state index is 13.3. The van der Waals surface area contributed by atoms with Gasteiger partial charge in [-0.15, -0.1) is 0 Å². The molecule has 3 aromatic rings. The molecule has 1 atom stereocenters. The molecule has 0 fully saturated rings. The number of nitrogens with zero attached hydrogens (tertiary/aromatic N) is 1. The molecule has 7 heteroatoms. The lowest BCUT2D eigenvalue weighted by atomic mass is 9.83. The van der Waals surface area contributed by atoms with Crippen molar-refractivity contribution in [3.8, 4) is 17.6 Å². The third-order valence-corrected chi connectivity index (χ3v) is 4.59. The Labute approximate surface area is 159 Å². The Balaban J connectivity index is 1.99. The standard InChI is InChI=1S/C21H14N2O5/c1-26-12-6-4-5-11(9-12)18(24)16-14(10-22)20(23)28-19-13-7-2-3-8-15(13)27-21(25)17(16)19/h2-9,16H,23H2,1H3. The van der Waals surface area contributed by atoms with Crippen LogP contribution in [-0.4, -0.2) is 12.9 Å². The zero-order chi connectivity index (χ0) is 19.8. The highest BCUT2D eigenvalue weighted by Gasteiger charge is 2.39. The summed E-state index contributed by atoms with van der Waals surface area (Å²) in [4.78, 5) is 26.0. The van der Waals surface area contributed by atoms with Crippen molar-refractivity contribution in [2.45, 2.75) is 5.92 Å². The van der Waals surface area contributed by atoms with Crippen LogP contribution < -0.4 is 20.8 Å². The van der Waals surface area contributed by atoms with E-state index in [1.807, 2.05) is 6.07 Å². The summed E-state index contributed by atoms with van der Waals surface area (Å²) in [5.74, 6) is -1.33. The number of carbonyl (C=O) groups excluding carboxylic acids is 1. The molecule has 0 amide bonds. The zero-order valence-electron chi connectivity index (χ0n) is 14.8. The fourth-order valence-corrected chi connectivity index (χ4v) is 3.27. The lowest BCUT2D eigenvalue weighted by Crippen LogP contribution is -2.30. The summed E-state index contributed by atoms with van der Waals surface area (Å²) < 4.78 is 16.1. The highest BCUT2D eigenvalue weighted by molar-refractivity contribution is 6.05. The normalized spacial score (nSPS) is 15.5. The zero-order valence-corrected chi connectivity index (χ0v) is 14.8. The van der Waals surface area contributed by atoms with Crippen molar-refractivity contribution in [2.24, 2.45) is 5.73 Å². The number of ether oxygens (including phenoxy) is 2. The summed E-state index contributed by atoms with van der Waals surface area (Å²) in [5.41, 5.74) is 5.57. The molecule has 28 heavy (non-hydrogen) atoms. The number of benzene rings is 2. The lowest BCUT2D eigenvalue weighted by molar-refractivity contribution is 0.0966. The number of nitrogens with two attached hydrogens (primary N) is 1. The molecule has 0 radical (unpaired) electrons. The first-order chi connectivity index (χ1) is 13.5. The van der Waals surface area contributed by atoms with Crippen LogP contribution in [-0.2, 0) is 0 Å². The second-order valence-electron chi connectivity index (χ2n) is 6.15. The number of rotatable bonds is 3. The summed E-state index contributed by atoms with van der Waals surface area (Å²) in [6.07, 6.45) is 0. The number of hydrogen-bond acceptors (Lipinski definition) is 7. The minimum atomic E-state index is -1.23. The fourth-order valence-electron chi connectivity index (χ4n) is 3.27. The highest BCUT2D eigenvalue weighted by atomic mass is 16.5. The monoisotopic (exact) mass is 374 g/mol. The summed E-state index contributed by atoms with van der Waals surface area (Å²) in [6, 6.07) is 15.1. The first-order valence-corrected chi connectivity index (χ1v) is 8.36. The van der Waals surface area contributed by atoms with Gasteiger partial charge in [-0.2, -0.15) is 5.26 Å². The second kappa shape index (κ2) is 6.59. The van der Waals surface area contributed by atoms with Gasteiger partial charge in [0.15, 0.2) is 11.5 Å². The van der Waals surface area contributed by atoms with E-state index < -0.39 is 17.3 Å². The molecule has 1 aliphatic rings. The average molecular weight is 374 g/mol. The van der Waals surface area contributed by atoms with E-state index in [9.17, 15) is 14.9 Å². The Bertz CT molecular complexity index is 1250. The van der Waals surface area contributed by atoms with Gasteiger partial charge in [0.2, 0.25) is 5.88 Å². The van der Waals surface area contributed by atoms with Gasteiger partial charge in [-0.1, -0.05) is 24.3 Å². The first kappa shape index (κ1) is 17.4. The van der Waals surface area contributed by atoms with Gasteiger partial charge in [-0.25, -0.2) is 4.79 Å². The SMILES string of the molecule is COc1cccc(C(=O)C2C(C#N)=C(N)Oc3c2c(=O)oc2ccccc32)c1. The average Bonchev–Trinajstić information content (AvgIpc) is 2.72. The van der Waals surface area contributed by atoms with Crippen molar-refractivity contribution in [2.75, 3.05) is 7.11 Å². The summed E-state index contributed by atoms with van der Waals surface area (Å²) >= 11 is 0. The van der Waals surface area contributed by atoms with Crippen LogP contribution in [0.15, 0.2) is 69.2 Å². The number of methoxy groups -OCH3 is 1. The Morgan fingerprint density at radius 2 is 2.00 bits per heavy atom. The van der Waals surface area contributed by atoms with Crippen LogP contribution in [0.2, 0.25) is 0 Å². The molecule has 2 N–H and O–H groups in total. The third-order valence-electron chi connectivity index (χ3n) is 4.59. The molecule has 1 aromatic heterocycles. The van der Waals surface area contributed by atoms with Gasteiger partial charge >= 0.3 is 5.63 Å². The van der Waals surface area contributed by atoms with E-state index in [-0.39, 0.29) is 28.3 Å². The van der Waals surface area contributed by atoms with Crippen molar-refractivity contribution in [3.05, 3.63) is 81.5 Å². The fraction of sp³-hybridized carbons (Fsp3) is 0.0952. The van der Waals surface area contributed by atoms with Crippen molar-refractivity contribution >= 4 is 16.8 Å². The molecule has 7 nitrogen and oxygen atoms in total. The molecular formula is C21H14N2O5. The predicted octanol–water partition coefficient (Wildman–Crippen LogP) is 2.85. The van der Waals surface area contributed by atoms with E-state index in [1.165, 1.54) is 13.2 Å². The maximum Gasteiger partial charge on any atom is 0.344 e. The Morgan fingerprint density at radius 1 is 1.21 bits per heavy atom. The molecule has 2 aromatic carbocycles. The molecule has 0 spiro atoms. The Morgan fingerprint density at radius 3 is 2.75 bits per heavy atom. The van der Waals surface area contributed by atoms with Gasteiger partial charge in [0.1, 0.15) is 23.0 Å². The van der Waals surface area contributed by atoms with Gasteiger partial charge in [-0.05, 0) is 24.3 Å². The molecule has 0 saturated heterocycles. The topological polar surface area (TPSA) is 116 Å². The number of carbonyl (C=O) groups is 1. The Hall–Kier alpha value is -4.05. The molecule has 1 aliphatic heterocycles. The second-order valence-corrected chi connectivity index (χ2v) is 6.15. The number of hydrogen-bond donors (Lipinski definition) is 1. The van der Waals surface area contributed by atoms with Crippen LogP contribution in [0.4, 0.5) is 0 Å². The van der Waals surface area contributed by atoms with E-state index in [0.29, 0.717) is 16.7 Å². The summed E-state index contributed by atoms with van der Waals surface area (Å²) in [7, 11) is 1.48. The molecule has 2 heterocycles. The van der Waals surface area contributed by atoms with E-state index in [2.05, 4.69) is 0 Å². The predicted molar refractivity (Wildman–Crippen MR) is 100 cm³/mol. The van der Waals surface area contributed by atoms with Gasteiger partial charge in [0.05, 0.1) is 24.0 Å². The van der Waals surface area contributed by atoms with Gasteiger partial charge in [0, 0.05) is 5.56 Å². The van der Waals surface area contributed by atoms with Crippen molar-refractivity contribution in [3.63, 3.8) is 0 Å². The van der Waals surface area contributed by atoms with Crippen molar-refractivity contribution < 1.29 is 18.7 Å². The van der Waals surface area contributed by atoms with Crippen LogP contribution in [0.3, 0.4) is 0 Å². The number of ketones is 1. The van der Waals surface area contributed by atoms with Crippen molar-refractivity contribution in [1.82, 2.24) is 0 Å². The number of allylic oxidation sites excluding steroid dienone is 1. The number of nitriles is 1. The van der Waals surface area contributed by atoms with Crippen molar-refractivity contribution in [1.29, 1.82) is 5.26 Å². The van der Waals surface area contributed by atoms with Crippen LogP contribution in [0.1, 0.15) is 21.8 Å². The molecule has 0 bridgehead atoms. The summed E-state index contributed by atoms with van der Waals surface area (Å²) in [5, 5.41) is 10.1. The van der Waals surface area contributed by atoms with E-state index >= 15 is 0 Å². The van der Waals surface area contributed by atoms with Gasteiger partial charge < -0.3 is 19.6 Å². The molecule has 138 valence electrons. The largest absolute Gasteiger partial charge is 0.497 e. The maximum atomic E-state index is 13.3. The van der Waals surface area contributed by atoms with Crippen LogP contribution in [0.25, 0.3) is 11.0 Å². The molecule has 0 aliphatic carbocycles. The number of Topliss-reactive ketones (excluding diaryl/α,β-unsaturated/α-hetero) is 1. The number of para-hydroxylation sites is 1. The van der Waals surface area contributed by atoms with Gasteiger partial charge in [0.25, 0.3) is 0 Å². The molecule has 1 unspecified atom stereocenters. The van der Waals surface area contributed by atoms with Crippen LogP contribution >= 0.6 is 0 Å². The minimum absolute atomic E-state index is 0.0442. The lowest BCUT2D eigenvalue weighted by Gasteiger charge is -2.24. The van der Waals surface area contributed by atoms with Gasteiger partial charge in [-0.3, -0.25) is 4.79 Å². The molecular weight excluding hydrogens is 360 g/mol. The number of fused-ring (bicyclic) bond motifs is 3. The molecule has 0 saturated carbocycles.